The standard InChI is InChI=1S/C14H19FN2O3/c1-14(2,3)20-13(19)17-11(12(18)16-4)9-5-7-10(15)8-6-9/h5-8,11H,1-4H3,(H,16,18)(H,17,19). The molecule has 0 heterocycles. The number of hydrogen-bond acceptors (Lipinski definition) is 3. The van der Waals surface area contributed by atoms with Gasteiger partial charge in [-0.1, -0.05) is 12.1 Å². The number of alkyl carbamates (subject to hydrolysis) is 1. The van der Waals surface area contributed by atoms with Crippen molar-refractivity contribution < 1.29 is 18.7 Å². The summed E-state index contributed by atoms with van der Waals surface area (Å²) in [6.45, 7) is 5.16. The van der Waals surface area contributed by atoms with E-state index < -0.39 is 29.5 Å². The Morgan fingerprint density at radius 2 is 1.75 bits per heavy atom. The molecule has 0 spiro atoms. The number of hydrogen-bond donors (Lipinski definition) is 2. The van der Waals surface area contributed by atoms with Gasteiger partial charge >= 0.3 is 6.09 Å². The van der Waals surface area contributed by atoms with E-state index in [0.717, 1.165) is 0 Å². The van der Waals surface area contributed by atoms with Crippen LogP contribution in [0.1, 0.15) is 32.4 Å². The molecule has 110 valence electrons. The Balaban J connectivity index is 2.88. The van der Waals surface area contributed by atoms with Crippen LogP contribution in [-0.4, -0.2) is 24.6 Å². The summed E-state index contributed by atoms with van der Waals surface area (Å²) in [5.41, 5.74) is -0.197. The lowest BCUT2D eigenvalue weighted by atomic mass is 10.1. The molecule has 2 amide bonds. The summed E-state index contributed by atoms with van der Waals surface area (Å²) in [6.07, 6.45) is -0.713. The van der Waals surface area contributed by atoms with Gasteiger partial charge in [-0.05, 0) is 38.5 Å². The summed E-state index contributed by atoms with van der Waals surface area (Å²) >= 11 is 0. The lowest BCUT2D eigenvalue weighted by Crippen LogP contribution is -2.41. The molecule has 0 aliphatic carbocycles. The van der Waals surface area contributed by atoms with Crippen LogP contribution in [0, 0.1) is 5.82 Å². The first-order chi connectivity index (χ1) is 9.23. The molecule has 0 fully saturated rings. The number of carbonyl (C=O) groups is 2. The van der Waals surface area contributed by atoms with Crippen molar-refractivity contribution in [3.05, 3.63) is 35.6 Å². The van der Waals surface area contributed by atoms with E-state index in [4.69, 9.17) is 4.74 Å². The quantitative estimate of drug-likeness (QED) is 0.892. The Morgan fingerprint density at radius 1 is 1.20 bits per heavy atom. The van der Waals surface area contributed by atoms with Gasteiger partial charge in [0.05, 0.1) is 0 Å². The van der Waals surface area contributed by atoms with E-state index >= 15 is 0 Å². The highest BCUT2D eigenvalue weighted by Crippen LogP contribution is 2.15. The molecule has 6 heteroatoms. The minimum Gasteiger partial charge on any atom is -0.444 e. The predicted molar refractivity (Wildman–Crippen MR) is 72.6 cm³/mol. The van der Waals surface area contributed by atoms with Crippen molar-refractivity contribution >= 4 is 12.0 Å². The molecule has 20 heavy (non-hydrogen) atoms. The van der Waals surface area contributed by atoms with Crippen LogP contribution in [0.3, 0.4) is 0 Å². The molecule has 2 N–H and O–H groups in total. The lowest BCUT2D eigenvalue weighted by Gasteiger charge is -2.23. The summed E-state index contributed by atoms with van der Waals surface area (Å²) in [6, 6.07) is 4.39. The van der Waals surface area contributed by atoms with Crippen LogP contribution in [-0.2, 0) is 9.53 Å². The van der Waals surface area contributed by atoms with E-state index in [0.29, 0.717) is 5.56 Å². The molecule has 0 aromatic heterocycles. The van der Waals surface area contributed by atoms with E-state index in [9.17, 15) is 14.0 Å². The Bertz CT molecular complexity index is 480. The van der Waals surface area contributed by atoms with Gasteiger partial charge in [-0.15, -0.1) is 0 Å². The van der Waals surface area contributed by atoms with E-state index in [2.05, 4.69) is 10.6 Å². The highest BCUT2D eigenvalue weighted by molar-refractivity contribution is 5.86. The van der Waals surface area contributed by atoms with Crippen LogP contribution >= 0.6 is 0 Å². The molecule has 0 saturated heterocycles. The van der Waals surface area contributed by atoms with E-state index in [1.54, 1.807) is 20.8 Å². The molecule has 1 rings (SSSR count). The number of amides is 2. The summed E-state index contributed by atoms with van der Waals surface area (Å²) in [7, 11) is 1.45. The average Bonchev–Trinajstić information content (AvgIpc) is 2.34. The third-order valence-electron chi connectivity index (χ3n) is 2.37. The van der Waals surface area contributed by atoms with Crippen molar-refractivity contribution in [3.63, 3.8) is 0 Å². The van der Waals surface area contributed by atoms with Crippen molar-refractivity contribution in [3.8, 4) is 0 Å². The largest absolute Gasteiger partial charge is 0.444 e. The summed E-state index contributed by atoms with van der Waals surface area (Å²) in [4.78, 5) is 23.6. The van der Waals surface area contributed by atoms with Crippen LogP contribution in [0.25, 0.3) is 0 Å². The van der Waals surface area contributed by atoms with Crippen LogP contribution in [0.4, 0.5) is 9.18 Å². The predicted octanol–water partition coefficient (Wildman–Crippen LogP) is 2.14. The van der Waals surface area contributed by atoms with Crippen molar-refractivity contribution in [2.45, 2.75) is 32.4 Å². The number of ether oxygens (including phenoxy) is 1. The van der Waals surface area contributed by atoms with Crippen LogP contribution < -0.4 is 10.6 Å². The molecule has 1 aromatic rings. The van der Waals surface area contributed by atoms with Crippen molar-refractivity contribution in [1.82, 2.24) is 10.6 Å². The SMILES string of the molecule is CNC(=O)C(NC(=O)OC(C)(C)C)c1ccc(F)cc1. The van der Waals surface area contributed by atoms with Gasteiger partial charge in [0, 0.05) is 7.05 Å². The van der Waals surface area contributed by atoms with Gasteiger partial charge in [0.2, 0.25) is 5.91 Å². The molecule has 1 aromatic carbocycles. The Morgan fingerprint density at radius 3 is 2.20 bits per heavy atom. The fourth-order valence-electron chi connectivity index (χ4n) is 1.53. The monoisotopic (exact) mass is 282 g/mol. The maximum absolute atomic E-state index is 12.9. The van der Waals surface area contributed by atoms with E-state index in [1.165, 1.54) is 31.3 Å². The maximum Gasteiger partial charge on any atom is 0.408 e. The van der Waals surface area contributed by atoms with Gasteiger partial charge in [-0.25, -0.2) is 9.18 Å². The molecule has 0 aliphatic rings. The van der Waals surface area contributed by atoms with Gasteiger partial charge in [-0.3, -0.25) is 4.79 Å². The summed E-state index contributed by atoms with van der Waals surface area (Å²) < 4.78 is 18.0. The first kappa shape index (κ1) is 15.9. The minimum absolute atomic E-state index is 0.414. The van der Waals surface area contributed by atoms with Gasteiger partial charge in [-0.2, -0.15) is 0 Å². The fraction of sp³-hybridized carbons (Fsp3) is 0.429. The molecular weight excluding hydrogens is 263 g/mol. The number of nitrogens with one attached hydrogen (secondary N) is 2. The molecule has 0 aliphatic heterocycles. The van der Waals surface area contributed by atoms with Gasteiger partial charge in [0.1, 0.15) is 17.5 Å². The first-order valence-electron chi connectivity index (χ1n) is 6.19. The molecule has 1 atom stereocenters. The lowest BCUT2D eigenvalue weighted by molar-refractivity contribution is -0.122. The highest BCUT2D eigenvalue weighted by Gasteiger charge is 2.25. The van der Waals surface area contributed by atoms with E-state index in [-0.39, 0.29) is 0 Å². The molecule has 5 nitrogen and oxygen atoms in total. The number of likely N-dealkylation sites (N-methyl/N-ethyl adjacent to an activating group) is 1. The molecule has 1 unspecified atom stereocenters. The van der Waals surface area contributed by atoms with E-state index in [1.807, 2.05) is 0 Å². The topological polar surface area (TPSA) is 67.4 Å². The van der Waals surface area contributed by atoms with Gasteiger partial charge in [0.25, 0.3) is 0 Å². The van der Waals surface area contributed by atoms with Gasteiger partial charge < -0.3 is 15.4 Å². The Labute approximate surface area is 117 Å². The molecule has 0 bridgehead atoms. The Kier molecular flexibility index (Phi) is 5.07. The first-order valence-corrected chi connectivity index (χ1v) is 6.19. The minimum atomic E-state index is -0.935. The number of rotatable bonds is 3. The normalized spacial score (nSPS) is 12.4. The molecular formula is C14H19FN2O3. The van der Waals surface area contributed by atoms with Crippen molar-refractivity contribution in [1.29, 1.82) is 0 Å². The van der Waals surface area contributed by atoms with Crippen molar-refractivity contribution in [2.24, 2.45) is 0 Å². The maximum atomic E-state index is 12.9. The van der Waals surface area contributed by atoms with Crippen LogP contribution in [0.15, 0.2) is 24.3 Å². The number of benzene rings is 1. The zero-order chi connectivity index (χ0) is 15.3. The van der Waals surface area contributed by atoms with Crippen LogP contribution in [0.5, 0.6) is 0 Å². The second-order valence-corrected chi connectivity index (χ2v) is 5.25. The number of carbonyl (C=O) groups excluding carboxylic acids is 2. The molecule has 0 radical (unpaired) electrons. The second-order valence-electron chi connectivity index (χ2n) is 5.25. The zero-order valence-electron chi connectivity index (χ0n) is 12.0. The second kappa shape index (κ2) is 6.36. The highest BCUT2D eigenvalue weighted by atomic mass is 19.1. The van der Waals surface area contributed by atoms with Crippen LogP contribution in [0.2, 0.25) is 0 Å². The number of halogens is 1. The van der Waals surface area contributed by atoms with Crippen molar-refractivity contribution in [2.75, 3.05) is 7.05 Å². The fourth-order valence-corrected chi connectivity index (χ4v) is 1.53. The third kappa shape index (κ3) is 4.87. The summed E-state index contributed by atoms with van der Waals surface area (Å²) in [5, 5.41) is 4.91. The molecule has 0 saturated carbocycles. The smallest absolute Gasteiger partial charge is 0.408 e. The zero-order valence-corrected chi connectivity index (χ0v) is 12.0. The average molecular weight is 282 g/mol. The summed E-state index contributed by atoms with van der Waals surface area (Å²) in [5.74, 6) is -0.829. The Hall–Kier alpha value is -2.11. The van der Waals surface area contributed by atoms with Gasteiger partial charge in [0.15, 0.2) is 0 Å². The third-order valence-corrected chi connectivity index (χ3v) is 2.37.